The van der Waals surface area contributed by atoms with Crippen molar-refractivity contribution in [1.29, 1.82) is 0 Å². The number of ether oxygens (including phenoxy) is 1. The Kier molecular flexibility index (Phi) is 4.39. The summed E-state index contributed by atoms with van der Waals surface area (Å²) in [4.78, 5) is 14.4. The summed E-state index contributed by atoms with van der Waals surface area (Å²) in [6, 6.07) is 6.53. The summed E-state index contributed by atoms with van der Waals surface area (Å²) in [5, 5.41) is 11.5. The van der Waals surface area contributed by atoms with Crippen LogP contribution in [0.1, 0.15) is 13.8 Å². The van der Waals surface area contributed by atoms with Gasteiger partial charge in [0, 0.05) is 23.7 Å². The maximum Gasteiger partial charge on any atom is 0.311 e. The van der Waals surface area contributed by atoms with Crippen LogP contribution < -0.4 is 4.74 Å². The van der Waals surface area contributed by atoms with Gasteiger partial charge in [-0.2, -0.15) is 0 Å². The Morgan fingerprint density at radius 1 is 1.35 bits per heavy atom. The summed E-state index contributed by atoms with van der Waals surface area (Å²) in [6.07, 6.45) is 1.63. The Balaban J connectivity index is 0.000000686. The highest BCUT2D eigenvalue weighted by Crippen LogP contribution is 2.30. The number of methoxy groups -OCH3 is 1. The molecular weight excluding hydrogens is 220 g/mol. The minimum absolute atomic E-state index is 0.0435. The summed E-state index contributed by atoms with van der Waals surface area (Å²) in [7, 11) is 1.40. The molecule has 0 saturated heterocycles. The van der Waals surface area contributed by atoms with E-state index in [9.17, 15) is 10.1 Å². The number of hydrogen-bond donors (Lipinski definition) is 0. The smallest absolute Gasteiger partial charge is 0.311 e. The van der Waals surface area contributed by atoms with Gasteiger partial charge in [-0.05, 0) is 6.07 Å². The Bertz CT molecular complexity index is 526. The summed E-state index contributed by atoms with van der Waals surface area (Å²) < 4.78 is 4.93. The minimum Gasteiger partial charge on any atom is -0.490 e. The second-order valence-electron chi connectivity index (χ2n) is 2.98. The van der Waals surface area contributed by atoms with Crippen molar-refractivity contribution in [3.05, 3.63) is 40.6 Å². The lowest BCUT2D eigenvalue weighted by atomic mass is 10.2. The van der Waals surface area contributed by atoms with Crippen molar-refractivity contribution >= 4 is 16.6 Å². The summed E-state index contributed by atoms with van der Waals surface area (Å²) in [6.45, 7) is 4.00. The molecule has 2 aromatic rings. The number of nitrogens with zero attached hydrogens (tertiary/aromatic N) is 2. The predicted octanol–water partition coefficient (Wildman–Crippen LogP) is 3.18. The average Bonchev–Trinajstić information content (AvgIpc) is 2.39. The van der Waals surface area contributed by atoms with E-state index in [1.165, 1.54) is 13.2 Å². The van der Waals surface area contributed by atoms with Gasteiger partial charge in [-0.25, -0.2) is 0 Å². The molecule has 0 atom stereocenters. The Morgan fingerprint density at radius 3 is 2.65 bits per heavy atom. The first kappa shape index (κ1) is 12.9. The summed E-state index contributed by atoms with van der Waals surface area (Å²) in [5.41, 5.74) is 0.637. The Morgan fingerprint density at radius 2 is 2.06 bits per heavy atom. The monoisotopic (exact) mass is 234 g/mol. The molecule has 90 valence electrons. The van der Waals surface area contributed by atoms with Crippen LogP contribution in [0.2, 0.25) is 0 Å². The van der Waals surface area contributed by atoms with E-state index in [0.717, 1.165) is 5.39 Å². The fourth-order valence-corrected chi connectivity index (χ4v) is 1.40. The molecule has 0 bridgehead atoms. The summed E-state index contributed by atoms with van der Waals surface area (Å²) >= 11 is 0. The first-order chi connectivity index (χ1) is 8.22. The lowest BCUT2D eigenvalue weighted by Gasteiger charge is -2.02. The van der Waals surface area contributed by atoms with E-state index < -0.39 is 4.92 Å². The van der Waals surface area contributed by atoms with Crippen molar-refractivity contribution in [1.82, 2.24) is 4.98 Å². The summed E-state index contributed by atoms with van der Waals surface area (Å²) in [5.74, 6) is 0.228. The standard InChI is InChI=1S/C10H8N2O3.C2H6/c1-15-10-6-8-7(3-2-4-11-8)5-9(10)12(13)14;1-2/h2-6H,1H3;1-2H3. The Hall–Kier alpha value is -2.17. The zero-order valence-corrected chi connectivity index (χ0v) is 10.0. The van der Waals surface area contributed by atoms with Crippen molar-refractivity contribution in [3.8, 4) is 5.75 Å². The highest BCUT2D eigenvalue weighted by Gasteiger charge is 2.15. The number of pyridine rings is 1. The average molecular weight is 234 g/mol. The van der Waals surface area contributed by atoms with Gasteiger partial charge in [0.1, 0.15) is 0 Å². The molecule has 0 fully saturated rings. The normalized spacial score (nSPS) is 9.35. The molecule has 5 nitrogen and oxygen atoms in total. The van der Waals surface area contributed by atoms with E-state index in [0.29, 0.717) is 5.52 Å². The van der Waals surface area contributed by atoms with Gasteiger partial charge >= 0.3 is 5.69 Å². The van der Waals surface area contributed by atoms with E-state index in [2.05, 4.69) is 4.98 Å². The number of hydrogen-bond acceptors (Lipinski definition) is 4. The molecule has 5 heteroatoms. The number of nitro groups is 1. The van der Waals surface area contributed by atoms with Gasteiger partial charge in [0.25, 0.3) is 0 Å². The van der Waals surface area contributed by atoms with Gasteiger partial charge in [-0.15, -0.1) is 0 Å². The van der Waals surface area contributed by atoms with Crippen LogP contribution in [-0.4, -0.2) is 17.0 Å². The van der Waals surface area contributed by atoms with Crippen LogP contribution in [0.25, 0.3) is 10.9 Å². The second kappa shape index (κ2) is 5.79. The molecule has 0 unspecified atom stereocenters. The number of fused-ring (bicyclic) bond motifs is 1. The van der Waals surface area contributed by atoms with E-state index in [1.807, 2.05) is 13.8 Å². The second-order valence-corrected chi connectivity index (χ2v) is 2.98. The lowest BCUT2D eigenvalue weighted by molar-refractivity contribution is -0.385. The third-order valence-electron chi connectivity index (χ3n) is 2.10. The van der Waals surface area contributed by atoms with E-state index in [4.69, 9.17) is 4.74 Å². The first-order valence-corrected chi connectivity index (χ1v) is 5.29. The van der Waals surface area contributed by atoms with Gasteiger partial charge in [0.2, 0.25) is 0 Å². The third kappa shape index (κ3) is 2.69. The van der Waals surface area contributed by atoms with Crippen LogP contribution in [0.4, 0.5) is 5.69 Å². The fourth-order valence-electron chi connectivity index (χ4n) is 1.40. The van der Waals surface area contributed by atoms with Crippen LogP contribution in [0.5, 0.6) is 5.75 Å². The lowest BCUT2D eigenvalue weighted by Crippen LogP contribution is -1.94. The van der Waals surface area contributed by atoms with Crippen molar-refractivity contribution < 1.29 is 9.66 Å². The molecule has 17 heavy (non-hydrogen) atoms. The van der Waals surface area contributed by atoms with Gasteiger partial charge in [-0.3, -0.25) is 15.1 Å². The van der Waals surface area contributed by atoms with Gasteiger partial charge in [-0.1, -0.05) is 19.9 Å². The first-order valence-electron chi connectivity index (χ1n) is 5.29. The van der Waals surface area contributed by atoms with Crippen LogP contribution in [0, 0.1) is 10.1 Å². The van der Waals surface area contributed by atoms with E-state index in [-0.39, 0.29) is 11.4 Å². The van der Waals surface area contributed by atoms with Crippen molar-refractivity contribution in [2.45, 2.75) is 13.8 Å². The maximum atomic E-state index is 10.7. The van der Waals surface area contributed by atoms with Crippen LogP contribution in [0.3, 0.4) is 0 Å². The van der Waals surface area contributed by atoms with Crippen LogP contribution in [0.15, 0.2) is 30.5 Å². The molecule has 2 rings (SSSR count). The van der Waals surface area contributed by atoms with Crippen molar-refractivity contribution in [2.75, 3.05) is 7.11 Å². The molecule has 0 radical (unpaired) electrons. The number of aromatic nitrogens is 1. The molecule has 0 N–H and O–H groups in total. The number of rotatable bonds is 2. The van der Waals surface area contributed by atoms with Gasteiger partial charge < -0.3 is 4.74 Å². The molecular formula is C12H14N2O3. The molecule has 1 aromatic heterocycles. The van der Waals surface area contributed by atoms with Crippen molar-refractivity contribution in [3.63, 3.8) is 0 Å². The van der Waals surface area contributed by atoms with Gasteiger partial charge in [0.15, 0.2) is 5.75 Å². The quantitative estimate of drug-likeness (QED) is 0.591. The molecule has 0 saturated carbocycles. The predicted molar refractivity (Wildman–Crippen MR) is 66.3 cm³/mol. The molecule has 0 aliphatic rings. The zero-order valence-electron chi connectivity index (χ0n) is 10.0. The molecule has 0 amide bonds. The van der Waals surface area contributed by atoms with Crippen LogP contribution in [-0.2, 0) is 0 Å². The number of benzene rings is 1. The topological polar surface area (TPSA) is 65.3 Å². The molecule has 0 aliphatic heterocycles. The van der Waals surface area contributed by atoms with E-state index >= 15 is 0 Å². The van der Waals surface area contributed by atoms with Crippen molar-refractivity contribution in [2.24, 2.45) is 0 Å². The SMILES string of the molecule is CC.COc1cc2ncccc2cc1[N+](=O)[O-]. The molecule has 0 spiro atoms. The largest absolute Gasteiger partial charge is 0.490 e. The number of nitro benzene ring substituents is 1. The third-order valence-corrected chi connectivity index (χ3v) is 2.10. The minimum atomic E-state index is -0.467. The highest BCUT2D eigenvalue weighted by molar-refractivity contribution is 5.83. The molecule has 1 aromatic carbocycles. The fraction of sp³-hybridized carbons (Fsp3) is 0.250. The highest BCUT2D eigenvalue weighted by atomic mass is 16.6. The maximum absolute atomic E-state index is 10.7. The van der Waals surface area contributed by atoms with Gasteiger partial charge in [0.05, 0.1) is 17.5 Å². The zero-order chi connectivity index (χ0) is 12.8. The Labute approximate surface area is 99.2 Å². The molecule has 1 heterocycles. The van der Waals surface area contributed by atoms with Crippen LogP contribution >= 0.6 is 0 Å². The molecule has 0 aliphatic carbocycles. The van der Waals surface area contributed by atoms with E-state index in [1.54, 1.807) is 24.4 Å².